The zero-order chi connectivity index (χ0) is 19.6. The Kier molecular flexibility index (Phi) is 4.76. The minimum atomic E-state index is -1.29. The standard InChI is InChI=1S/C18H17FN4O4/c1-18(11-3-6-13(27-2)7-4-11)16(25)23(17(26)22-18)10-15(24)21-12-5-8-14(19)20-9-12/h3-9H,10H2,1-2H3,(H,21,24)(H,22,26). The molecule has 4 amide bonds. The zero-order valence-corrected chi connectivity index (χ0v) is 14.7. The summed E-state index contributed by atoms with van der Waals surface area (Å²) >= 11 is 0. The first-order valence-electron chi connectivity index (χ1n) is 8.03. The molecule has 3 rings (SSSR count). The number of nitrogens with zero attached hydrogens (tertiary/aromatic N) is 2. The smallest absolute Gasteiger partial charge is 0.325 e. The number of methoxy groups -OCH3 is 1. The van der Waals surface area contributed by atoms with Crippen LogP contribution in [0.5, 0.6) is 5.75 Å². The Morgan fingerprint density at radius 3 is 2.56 bits per heavy atom. The van der Waals surface area contributed by atoms with Gasteiger partial charge in [0.05, 0.1) is 19.0 Å². The monoisotopic (exact) mass is 372 g/mol. The fourth-order valence-corrected chi connectivity index (χ4v) is 2.75. The van der Waals surface area contributed by atoms with Gasteiger partial charge in [0.2, 0.25) is 11.9 Å². The van der Waals surface area contributed by atoms with Crippen molar-refractivity contribution in [2.24, 2.45) is 0 Å². The summed E-state index contributed by atoms with van der Waals surface area (Å²) in [6.45, 7) is 1.09. The lowest BCUT2D eigenvalue weighted by Gasteiger charge is -2.22. The molecule has 0 aliphatic carbocycles. The molecule has 2 N–H and O–H groups in total. The third-order valence-electron chi connectivity index (χ3n) is 4.26. The molecule has 0 radical (unpaired) electrons. The number of pyridine rings is 1. The first kappa shape index (κ1) is 18.3. The van der Waals surface area contributed by atoms with Crippen LogP contribution in [0, 0.1) is 5.95 Å². The van der Waals surface area contributed by atoms with Crippen molar-refractivity contribution in [2.45, 2.75) is 12.5 Å². The predicted octanol–water partition coefficient (Wildman–Crippen LogP) is 1.64. The number of urea groups is 1. The van der Waals surface area contributed by atoms with E-state index in [-0.39, 0.29) is 5.69 Å². The molecule has 1 atom stereocenters. The summed E-state index contributed by atoms with van der Waals surface area (Å²) in [7, 11) is 1.52. The van der Waals surface area contributed by atoms with Gasteiger partial charge in [-0.1, -0.05) is 12.1 Å². The van der Waals surface area contributed by atoms with Crippen molar-refractivity contribution >= 4 is 23.5 Å². The number of hydrogen-bond acceptors (Lipinski definition) is 5. The predicted molar refractivity (Wildman–Crippen MR) is 93.4 cm³/mol. The van der Waals surface area contributed by atoms with Gasteiger partial charge in [-0.3, -0.25) is 14.5 Å². The molecule has 1 aliphatic heterocycles. The van der Waals surface area contributed by atoms with Gasteiger partial charge in [0.1, 0.15) is 17.8 Å². The molecule has 1 aromatic carbocycles. The summed E-state index contributed by atoms with van der Waals surface area (Å²) < 4.78 is 17.9. The second-order valence-corrected chi connectivity index (χ2v) is 6.09. The molecule has 0 saturated carbocycles. The highest BCUT2D eigenvalue weighted by Gasteiger charge is 2.49. The lowest BCUT2D eigenvalue weighted by molar-refractivity contribution is -0.133. The highest BCUT2D eigenvalue weighted by Crippen LogP contribution is 2.29. The number of rotatable bonds is 5. The number of hydrogen-bond donors (Lipinski definition) is 2. The third kappa shape index (κ3) is 3.57. The number of carbonyl (C=O) groups excluding carboxylic acids is 3. The molecule has 2 aromatic rings. The number of nitrogens with one attached hydrogen (secondary N) is 2. The number of imide groups is 1. The highest BCUT2D eigenvalue weighted by molar-refractivity contribution is 6.10. The lowest BCUT2D eigenvalue weighted by Crippen LogP contribution is -2.42. The van der Waals surface area contributed by atoms with Crippen LogP contribution < -0.4 is 15.4 Å². The van der Waals surface area contributed by atoms with Gasteiger partial charge < -0.3 is 15.4 Å². The van der Waals surface area contributed by atoms with Crippen LogP contribution in [0.2, 0.25) is 0 Å². The van der Waals surface area contributed by atoms with Crippen LogP contribution in [0.15, 0.2) is 42.6 Å². The van der Waals surface area contributed by atoms with E-state index in [0.29, 0.717) is 11.3 Å². The molecule has 27 heavy (non-hydrogen) atoms. The van der Waals surface area contributed by atoms with Crippen LogP contribution in [0.4, 0.5) is 14.9 Å². The van der Waals surface area contributed by atoms with E-state index in [0.717, 1.165) is 17.2 Å². The van der Waals surface area contributed by atoms with Crippen molar-refractivity contribution < 1.29 is 23.5 Å². The topological polar surface area (TPSA) is 101 Å². The Morgan fingerprint density at radius 2 is 1.96 bits per heavy atom. The van der Waals surface area contributed by atoms with Gasteiger partial charge in [0.15, 0.2) is 0 Å². The van der Waals surface area contributed by atoms with Crippen molar-refractivity contribution in [1.29, 1.82) is 0 Å². The van der Waals surface area contributed by atoms with Crippen LogP contribution in [0.3, 0.4) is 0 Å². The van der Waals surface area contributed by atoms with E-state index in [9.17, 15) is 18.8 Å². The van der Waals surface area contributed by atoms with Gasteiger partial charge in [-0.05, 0) is 36.8 Å². The van der Waals surface area contributed by atoms with Crippen LogP contribution in [0.25, 0.3) is 0 Å². The molecule has 1 unspecified atom stereocenters. The molecule has 140 valence electrons. The van der Waals surface area contributed by atoms with Gasteiger partial charge >= 0.3 is 6.03 Å². The lowest BCUT2D eigenvalue weighted by atomic mass is 9.92. The van der Waals surface area contributed by atoms with Crippen molar-refractivity contribution in [3.05, 3.63) is 54.1 Å². The maximum absolute atomic E-state index is 12.8. The first-order chi connectivity index (χ1) is 12.8. The van der Waals surface area contributed by atoms with Gasteiger partial charge in [0.25, 0.3) is 5.91 Å². The molecular weight excluding hydrogens is 355 g/mol. The Bertz CT molecular complexity index is 885. The Hall–Kier alpha value is -3.49. The third-order valence-corrected chi connectivity index (χ3v) is 4.26. The minimum Gasteiger partial charge on any atom is -0.497 e. The maximum Gasteiger partial charge on any atom is 0.325 e. The van der Waals surface area contributed by atoms with Crippen molar-refractivity contribution in [1.82, 2.24) is 15.2 Å². The van der Waals surface area contributed by atoms with Crippen molar-refractivity contribution in [3.8, 4) is 5.75 Å². The Balaban J connectivity index is 1.73. The summed E-state index contributed by atoms with van der Waals surface area (Å²) in [4.78, 5) is 41.5. The summed E-state index contributed by atoms with van der Waals surface area (Å²) in [5.74, 6) is -1.23. The molecule has 1 saturated heterocycles. The quantitative estimate of drug-likeness (QED) is 0.614. The van der Waals surface area contributed by atoms with Crippen molar-refractivity contribution in [3.63, 3.8) is 0 Å². The average molecular weight is 372 g/mol. The maximum atomic E-state index is 12.8. The van der Waals surface area contributed by atoms with Gasteiger partial charge in [-0.25, -0.2) is 9.78 Å². The number of benzene rings is 1. The van der Waals surface area contributed by atoms with Crippen LogP contribution in [0.1, 0.15) is 12.5 Å². The van der Waals surface area contributed by atoms with Crippen LogP contribution in [-0.2, 0) is 15.1 Å². The second-order valence-electron chi connectivity index (χ2n) is 6.09. The number of aromatic nitrogens is 1. The van der Waals surface area contributed by atoms with Crippen LogP contribution in [-0.4, -0.2) is 41.4 Å². The summed E-state index contributed by atoms with van der Waals surface area (Å²) in [6, 6.07) is 8.44. The molecular formula is C18H17FN4O4. The molecule has 1 aromatic heterocycles. The number of amides is 4. The SMILES string of the molecule is COc1ccc(C2(C)NC(=O)N(CC(=O)Nc3ccc(F)nc3)C2=O)cc1. The fourth-order valence-electron chi connectivity index (χ4n) is 2.75. The van der Waals surface area contributed by atoms with Gasteiger partial charge in [-0.15, -0.1) is 0 Å². The summed E-state index contributed by atoms with van der Waals surface area (Å²) in [5, 5.41) is 5.08. The van der Waals surface area contributed by atoms with E-state index in [4.69, 9.17) is 4.74 Å². The largest absolute Gasteiger partial charge is 0.497 e. The second kappa shape index (κ2) is 7.02. The van der Waals surface area contributed by atoms with E-state index >= 15 is 0 Å². The number of halogens is 1. The van der Waals surface area contributed by atoms with E-state index in [1.807, 2.05) is 0 Å². The van der Waals surface area contributed by atoms with Gasteiger partial charge in [0, 0.05) is 0 Å². The molecule has 1 aliphatic rings. The number of anilines is 1. The average Bonchev–Trinajstić information content (AvgIpc) is 2.88. The van der Waals surface area contributed by atoms with E-state index in [1.165, 1.54) is 13.2 Å². The molecule has 2 heterocycles. The normalized spacial score (nSPS) is 19.0. The zero-order valence-electron chi connectivity index (χ0n) is 14.7. The summed E-state index contributed by atoms with van der Waals surface area (Å²) in [6.07, 6.45) is 1.14. The molecule has 9 heteroatoms. The molecule has 0 spiro atoms. The van der Waals surface area contributed by atoms with E-state index < -0.39 is 35.9 Å². The Labute approximate surface area is 154 Å². The number of ether oxygens (including phenoxy) is 1. The highest BCUT2D eigenvalue weighted by atomic mass is 19.1. The van der Waals surface area contributed by atoms with Gasteiger partial charge in [-0.2, -0.15) is 4.39 Å². The molecule has 0 bridgehead atoms. The molecule has 8 nitrogen and oxygen atoms in total. The Morgan fingerprint density at radius 1 is 1.26 bits per heavy atom. The molecule has 1 fully saturated rings. The summed E-state index contributed by atoms with van der Waals surface area (Å²) in [5.41, 5.74) is -0.472. The minimum absolute atomic E-state index is 0.256. The van der Waals surface area contributed by atoms with E-state index in [1.54, 1.807) is 31.2 Å². The van der Waals surface area contributed by atoms with E-state index in [2.05, 4.69) is 15.6 Å². The van der Waals surface area contributed by atoms with Crippen molar-refractivity contribution in [2.75, 3.05) is 19.0 Å². The first-order valence-corrected chi connectivity index (χ1v) is 8.03. The fraction of sp³-hybridized carbons (Fsp3) is 0.222. The van der Waals surface area contributed by atoms with Crippen LogP contribution >= 0.6 is 0 Å². The number of carbonyl (C=O) groups is 3.